The van der Waals surface area contributed by atoms with Gasteiger partial charge in [0.15, 0.2) is 5.13 Å². The number of anilines is 2. The van der Waals surface area contributed by atoms with Crippen molar-refractivity contribution in [3.63, 3.8) is 0 Å². The number of thioether (sulfide) groups is 1. The summed E-state index contributed by atoms with van der Waals surface area (Å²) in [4.78, 5) is 33.4. The van der Waals surface area contributed by atoms with Crippen LogP contribution in [-0.4, -0.2) is 27.5 Å². The molecule has 0 unspecified atom stereocenters. The third-order valence-electron chi connectivity index (χ3n) is 3.56. The number of benzene rings is 1. The molecule has 2 aromatic heterocycles. The molecule has 3 heterocycles. The number of amides is 2. The van der Waals surface area contributed by atoms with Gasteiger partial charge in [-0.05, 0) is 30.3 Å². The largest absolute Gasteiger partial charge is 0.324 e. The lowest BCUT2D eigenvalue weighted by Crippen LogP contribution is -2.19. The minimum Gasteiger partial charge on any atom is -0.324 e. The normalized spacial score (nSPS) is 13.0. The zero-order valence-corrected chi connectivity index (χ0v) is 14.5. The SMILES string of the molecule is O=C1CSc2ccc(C(=O)Nc3nc(-c4cccnc4)cs3)cc2N1. The lowest BCUT2D eigenvalue weighted by molar-refractivity contribution is -0.113. The van der Waals surface area contributed by atoms with Gasteiger partial charge in [-0.1, -0.05) is 0 Å². The van der Waals surface area contributed by atoms with Gasteiger partial charge < -0.3 is 5.32 Å². The Bertz CT molecular complexity index is 956. The molecule has 0 atom stereocenters. The molecule has 1 aliphatic rings. The van der Waals surface area contributed by atoms with Crippen LogP contribution in [0, 0.1) is 0 Å². The minimum atomic E-state index is -0.264. The summed E-state index contributed by atoms with van der Waals surface area (Å²) in [6.07, 6.45) is 3.43. The Morgan fingerprint density at radius 1 is 1.28 bits per heavy atom. The number of nitrogens with one attached hydrogen (secondary N) is 2. The molecule has 2 amide bonds. The van der Waals surface area contributed by atoms with E-state index in [9.17, 15) is 9.59 Å². The van der Waals surface area contributed by atoms with Gasteiger partial charge in [0.2, 0.25) is 5.91 Å². The third kappa shape index (κ3) is 3.40. The molecule has 0 aliphatic carbocycles. The molecule has 0 fully saturated rings. The predicted octanol–water partition coefficient (Wildman–Crippen LogP) is 3.50. The maximum Gasteiger partial charge on any atom is 0.257 e. The lowest BCUT2D eigenvalue weighted by atomic mass is 10.2. The van der Waals surface area contributed by atoms with Gasteiger partial charge in [0, 0.05) is 33.8 Å². The summed E-state index contributed by atoms with van der Waals surface area (Å²) in [5, 5.41) is 7.97. The summed E-state index contributed by atoms with van der Waals surface area (Å²) in [5.74, 6) is 0.0743. The number of thiazole rings is 1. The zero-order valence-electron chi connectivity index (χ0n) is 12.9. The summed E-state index contributed by atoms with van der Waals surface area (Å²) in [5.41, 5.74) is 2.80. The molecule has 4 rings (SSSR count). The van der Waals surface area contributed by atoms with Crippen LogP contribution in [0.2, 0.25) is 0 Å². The van der Waals surface area contributed by atoms with Crippen molar-refractivity contribution in [2.24, 2.45) is 0 Å². The van der Waals surface area contributed by atoms with Crippen molar-refractivity contribution in [2.75, 3.05) is 16.4 Å². The van der Waals surface area contributed by atoms with Crippen LogP contribution in [-0.2, 0) is 4.79 Å². The van der Waals surface area contributed by atoms with Crippen molar-refractivity contribution in [1.82, 2.24) is 9.97 Å². The molecule has 6 nitrogen and oxygen atoms in total. The number of carbonyl (C=O) groups excluding carboxylic acids is 2. The Morgan fingerprint density at radius 3 is 3.04 bits per heavy atom. The van der Waals surface area contributed by atoms with Crippen LogP contribution in [0.4, 0.5) is 10.8 Å². The van der Waals surface area contributed by atoms with E-state index in [-0.39, 0.29) is 11.8 Å². The average Bonchev–Trinajstić information content (AvgIpc) is 3.10. The van der Waals surface area contributed by atoms with E-state index in [2.05, 4.69) is 20.6 Å². The molecule has 3 aromatic rings. The highest BCUT2D eigenvalue weighted by Gasteiger charge is 2.18. The second-order valence-corrected chi connectivity index (χ2v) is 7.16. The number of carbonyl (C=O) groups is 2. The van der Waals surface area contributed by atoms with Gasteiger partial charge >= 0.3 is 0 Å². The first kappa shape index (κ1) is 15.8. The van der Waals surface area contributed by atoms with Gasteiger partial charge in [-0.2, -0.15) is 0 Å². The van der Waals surface area contributed by atoms with Crippen molar-refractivity contribution >= 4 is 45.7 Å². The fraction of sp³-hybridized carbons (Fsp3) is 0.0588. The van der Waals surface area contributed by atoms with Crippen LogP contribution >= 0.6 is 23.1 Å². The summed E-state index contributed by atoms with van der Waals surface area (Å²) < 4.78 is 0. The first-order chi connectivity index (χ1) is 12.2. The highest BCUT2D eigenvalue weighted by atomic mass is 32.2. The molecule has 0 radical (unpaired) electrons. The Kier molecular flexibility index (Phi) is 4.21. The smallest absolute Gasteiger partial charge is 0.257 e. The van der Waals surface area contributed by atoms with Crippen molar-refractivity contribution in [3.05, 3.63) is 53.7 Å². The van der Waals surface area contributed by atoms with E-state index in [0.717, 1.165) is 16.2 Å². The Balaban J connectivity index is 1.52. The Hall–Kier alpha value is -2.71. The second-order valence-electron chi connectivity index (χ2n) is 5.28. The number of fused-ring (bicyclic) bond motifs is 1. The van der Waals surface area contributed by atoms with Crippen LogP contribution in [0.5, 0.6) is 0 Å². The quantitative estimate of drug-likeness (QED) is 0.739. The van der Waals surface area contributed by atoms with Gasteiger partial charge in [0.05, 0.1) is 17.1 Å². The predicted molar refractivity (Wildman–Crippen MR) is 99.1 cm³/mol. The van der Waals surface area contributed by atoms with E-state index < -0.39 is 0 Å². The summed E-state index contributed by atoms with van der Waals surface area (Å²) in [6.45, 7) is 0. The molecule has 1 aliphatic heterocycles. The first-order valence-corrected chi connectivity index (χ1v) is 9.29. The molecule has 2 N–H and O–H groups in total. The molecular weight excluding hydrogens is 356 g/mol. The van der Waals surface area contributed by atoms with Crippen LogP contribution in [0.3, 0.4) is 0 Å². The number of aromatic nitrogens is 2. The molecule has 8 heteroatoms. The Morgan fingerprint density at radius 2 is 2.20 bits per heavy atom. The molecule has 25 heavy (non-hydrogen) atoms. The van der Waals surface area contributed by atoms with Crippen LogP contribution in [0.15, 0.2) is 53.0 Å². The summed E-state index contributed by atoms with van der Waals surface area (Å²) in [6, 6.07) is 9.03. The molecular formula is C17H12N4O2S2. The van der Waals surface area contributed by atoms with E-state index >= 15 is 0 Å². The molecule has 0 saturated heterocycles. The Labute approximate surface area is 151 Å². The highest BCUT2D eigenvalue weighted by molar-refractivity contribution is 8.00. The van der Waals surface area contributed by atoms with Gasteiger partial charge in [0.25, 0.3) is 5.91 Å². The fourth-order valence-corrected chi connectivity index (χ4v) is 3.87. The monoisotopic (exact) mass is 368 g/mol. The van der Waals surface area contributed by atoms with Gasteiger partial charge in [0.1, 0.15) is 0 Å². The lowest BCUT2D eigenvalue weighted by Gasteiger charge is -2.16. The number of hydrogen-bond donors (Lipinski definition) is 2. The number of pyridine rings is 1. The van der Waals surface area contributed by atoms with E-state index in [1.807, 2.05) is 23.6 Å². The summed E-state index contributed by atoms with van der Waals surface area (Å²) >= 11 is 2.81. The van der Waals surface area contributed by atoms with Crippen LogP contribution < -0.4 is 10.6 Å². The summed E-state index contributed by atoms with van der Waals surface area (Å²) in [7, 11) is 0. The molecule has 0 spiro atoms. The van der Waals surface area contributed by atoms with E-state index in [0.29, 0.717) is 22.1 Å². The number of rotatable bonds is 3. The average molecular weight is 368 g/mol. The fourth-order valence-electron chi connectivity index (χ4n) is 2.37. The van der Waals surface area contributed by atoms with E-state index in [4.69, 9.17) is 0 Å². The zero-order chi connectivity index (χ0) is 17.2. The molecule has 0 bridgehead atoms. The van der Waals surface area contributed by atoms with Gasteiger partial charge in [-0.25, -0.2) is 4.98 Å². The topological polar surface area (TPSA) is 84.0 Å². The maximum absolute atomic E-state index is 12.5. The van der Waals surface area contributed by atoms with Crippen LogP contribution in [0.25, 0.3) is 11.3 Å². The van der Waals surface area contributed by atoms with E-state index in [1.165, 1.54) is 23.1 Å². The van der Waals surface area contributed by atoms with Gasteiger partial charge in [-0.15, -0.1) is 23.1 Å². The molecule has 124 valence electrons. The van der Waals surface area contributed by atoms with Crippen LogP contribution in [0.1, 0.15) is 10.4 Å². The maximum atomic E-state index is 12.5. The third-order valence-corrected chi connectivity index (χ3v) is 5.39. The second kappa shape index (κ2) is 6.66. The highest BCUT2D eigenvalue weighted by Crippen LogP contribution is 2.32. The molecule has 1 aromatic carbocycles. The van der Waals surface area contributed by atoms with E-state index in [1.54, 1.807) is 24.5 Å². The molecule has 0 saturated carbocycles. The van der Waals surface area contributed by atoms with Crippen molar-refractivity contribution in [1.29, 1.82) is 0 Å². The number of nitrogens with zero attached hydrogens (tertiary/aromatic N) is 2. The van der Waals surface area contributed by atoms with Gasteiger partial charge in [-0.3, -0.25) is 19.9 Å². The number of hydrogen-bond acceptors (Lipinski definition) is 6. The van der Waals surface area contributed by atoms with Crippen molar-refractivity contribution < 1.29 is 9.59 Å². The first-order valence-electron chi connectivity index (χ1n) is 7.43. The standard InChI is InChI=1S/C17H12N4O2S2/c22-15-9-24-14-4-3-10(6-12(14)19-15)16(23)21-17-20-13(8-25-17)11-2-1-5-18-7-11/h1-8H,9H2,(H,19,22)(H,20,21,23). The van der Waals surface area contributed by atoms with Crippen molar-refractivity contribution in [3.8, 4) is 11.3 Å². The minimum absolute atomic E-state index is 0.0592. The van der Waals surface area contributed by atoms with Crippen molar-refractivity contribution in [2.45, 2.75) is 4.90 Å².